The minimum atomic E-state index is -0.125. The molecule has 0 fully saturated rings. The second-order valence-electron chi connectivity index (χ2n) is 4.72. The maximum atomic E-state index is 12.2. The third-order valence-electron chi connectivity index (χ3n) is 3.03. The Bertz CT molecular complexity index is 765. The van der Waals surface area contributed by atoms with Crippen LogP contribution in [-0.4, -0.2) is 10.9 Å². The van der Waals surface area contributed by atoms with Crippen LogP contribution in [0.25, 0.3) is 10.6 Å². The summed E-state index contributed by atoms with van der Waals surface area (Å²) < 4.78 is 0. The van der Waals surface area contributed by atoms with Crippen molar-refractivity contribution in [2.75, 3.05) is 5.32 Å². The predicted molar refractivity (Wildman–Crippen MR) is 86.7 cm³/mol. The van der Waals surface area contributed by atoms with E-state index in [1.165, 1.54) is 11.3 Å². The molecule has 0 aliphatic rings. The average molecular weight is 294 g/mol. The van der Waals surface area contributed by atoms with E-state index in [-0.39, 0.29) is 5.91 Å². The SMILES string of the molecule is Cc1cccc(NC(=O)c2cnc(-c3ccccc3)s2)c1. The van der Waals surface area contributed by atoms with Crippen LogP contribution in [0, 0.1) is 6.92 Å². The van der Waals surface area contributed by atoms with E-state index < -0.39 is 0 Å². The molecule has 1 N–H and O–H groups in total. The third kappa shape index (κ3) is 3.17. The summed E-state index contributed by atoms with van der Waals surface area (Å²) in [6, 6.07) is 17.6. The van der Waals surface area contributed by atoms with Gasteiger partial charge in [0.05, 0.1) is 6.20 Å². The molecule has 4 heteroatoms. The molecular weight excluding hydrogens is 280 g/mol. The van der Waals surface area contributed by atoms with Crippen LogP contribution in [-0.2, 0) is 0 Å². The van der Waals surface area contributed by atoms with E-state index in [2.05, 4.69) is 10.3 Å². The normalized spacial score (nSPS) is 10.3. The van der Waals surface area contributed by atoms with Crippen LogP contribution < -0.4 is 5.32 Å². The van der Waals surface area contributed by atoms with Crippen molar-refractivity contribution in [3.63, 3.8) is 0 Å². The molecule has 0 bridgehead atoms. The van der Waals surface area contributed by atoms with Crippen LogP contribution in [0.5, 0.6) is 0 Å². The summed E-state index contributed by atoms with van der Waals surface area (Å²) in [5.41, 5.74) is 2.94. The van der Waals surface area contributed by atoms with Gasteiger partial charge in [-0.1, -0.05) is 42.5 Å². The van der Waals surface area contributed by atoms with E-state index in [9.17, 15) is 4.79 Å². The lowest BCUT2D eigenvalue weighted by molar-refractivity contribution is 0.103. The Labute approximate surface area is 127 Å². The van der Waals surface area contributed by atoms with Gasteiger partial charge in [-0.2, -0.15) is 0 Å². The molecule has 104 valence electrons. The molecule has 0 saturated carbocycles. The van der Waals surface area contributed by atoms with Gasteiger partial charge < -0.3 is 5.32 Å². The molecule has 0 aliphatic carbocycles. The van der Waals surface area contributed by atoms with Crippen molar-refractivity contribution in [2.24, 2.45) is 0 Å². The zero-order valence-corrected chi connectivity index (χ0v) is 12.4. The minimum Gasteiger partial charge on any atom is -0.321 e. The summed E-state index contributed by atoms with van der Waals surface area (Å²) in [7, 11) is 0. The standard InChI is InChI=1S/C17H14N2OS/c1-12-6-5-9-14(10-12)19-16(20)15-11-18-17(21-15)13-7-3-2-4-8-13/h2-11H,1H3,(H,19,20). The molecule has 0 spiro atoms. The molecule has 0 aliphatic heterocycles. The minimum absolute atomic E-state index is 0.125. The Morgan fingerprint density at radius 1 is 1.10 bits per heavy atom. The molecular formula is C17H14N2OS. The fourth-order valence-electron chi connectivity index (χ4n) is 2.01. The molecule has 0 atom stereocenters. The summed E-state index contributed by atoms with van der Waals surface area (Å²) in [5.74, 6) is -0.125. The number of benzene rings is 2. The van der Waals surface area contributed by atoms with E-state index in [4.69, 9.17) is 0 Å². The molecule has 2 aromatic carbocycles. The number of aromatic nitrogens is 1. The largest absolute Gasteiger partial charge is 0.321 e. The molecule has 3 nitrogen and oxygen atoms in total. The van der Waals surface area contributed by atoms with Crippen LogP contribution in [0.15, 0.2) is 60.8 Å². The first-order chi connectivity index (χ1) is 10.2. The number of amides is 1. The zero-order chi connectivity index (χ0) is 14.7. The molecule has 21 heavy (non-hydrogen) atoms. The quantitative estimate of drug-likeness (QED) is 0.779. The second-order valence-corrected chi connectivity index (χ2v) is 5.75. The second kappa shape index (κ2) is 5.89. The Kier molecular flexibility index (Phi) is 3.79. The summed E-state index contributed by atoms with van der Waals surface area (Å²) in [6.07, 6.45) is 1.62. The number of hydrogen-bond acceptors (Lipinski definition) is 3. The summed E-state index contributed by atoms with van der Waals surface area (Å²) in [4.78, 5) is 17.2. The number of nitrogens with one attached hydrogen (secondary N) is 1. The number of rotatable bonds is 3. The van der Waals surface area contributed by atoms with Crippen molar-refractivity contribution in [2.45, 2.75) is 6.92 Å². The average Bonchev–Trinajstić information content (AvgIpc) is 2.98. The highest BCUT2D eigenvalue weighted by Crippen LogP contribution is 2.25. The van der Waals surface area contributed by atoms with E-state index in [0.717, 1.165) is 21.8 Å². The van der Waals surface area contributed by atoms with Gasteiger partial charge in [-0.25, -0.2) is 4.98 Å². The summed E-state index contributed by atoms with van der Waals surface area (Å²) >= 11 is 1.39. The summed E-state index contributed by atoms with van der Waals surface area (Å²) in [6.45, 7) is 2.00. The molecule has 1 heterocycles. The maximum absolute atomic E-state index is 12.2. The number of carbonyl (C=O) groups is 1. The van der Waals surface area contributed by atoms with Crippen LogP contribution in [0.3, 0.4) is 0 Å². The number of nitrogens with zero attached hydrogens (tertiary/aromatic N) is 1. The molecule has 3 rings (SSSR count). The third-order valence-corrected chi connectivity index (χ3v) is 4.07. The predicted octanol–water partition coefficient (Wildman–Crippen LogP) is 4.37. The van der Waals surface area contributed by atoms with Crippen LogP contribution in [0.4, 0.5) is 5.69 Å². The van der Waals surface area contributed by atoms with Gasteiger partial charge in [0.2, 0.25) is 0 Å². The first-order valence-electron chi connectivity index (χ1n) is 6.61. The van der Waals surface area contributed by atoms with Gasteiger partial charge in [-0.3, -0.25) is 4.79 Å². The van der Waals surface area contributed by atoms with Gasteiger partial charge in [0, 0.05) is 11.3 Å². The van der Waals surface area contributed by atoms with Crippen molar-refractivity contribution >= 4 is 22.9 Å². The van der Waals surface area contributed by atoms with E-state index >= 15 is 0 Å². The number of aryl methyl sites for hydroxylation is 1. The highest BCUT2D eigenvalue weighted by molar-refractivity contribution is 7.17. The molecule has 0 unspecified atom stereocenters. The maximum Gasteiger partial charge on any atom is 0.267 e. The first kappa shape index (κ1) is 13.5. The number of hydrogen-bond donors (Lipinski definition) is 1. The van der Waals surface area contributed by atoms with Crippen molar-refractivity contribution in [1.82, 2.24) is 4.98 Å². The lowest BCUT2D eigenvalue weighted by atomic mass is 10.2. The van der Waals surface area contributed by atoms with Gasteiger partial charge in [0.25, 0.3) is 5.91 Å². The van der Waals surface area contributed by atoms with Crippen LogP contribution >= 0.6 is 11.3 Å². The van der Waals surface area contributed by atoms with Gasteiger partial charge >= 0.3 is 0 Å². The number of thiazole rings is 1. The van der Waals surface area contributed by atoms with Crippen molar-refractivity contribution in [3.8, 4) is 10.6 Å². The molecule has 3 aromatic rings. The fourth-order valence-corrected chi connectivity index (χ4v) is 2.83. The molecule has 0 saturated heterocycles. The van der Waals surface area contributed by atoms with Gasteiger partial charge in [0.1, 0.15) is 9.88 Å². The van der Waals surface area contributed by atoms with Crippen molar-refractivity contribution in [1.29, 1.82) is 0 Å². The van der Waals surface area contributed by atoms with E-state index in [1.807, 2.05) is 61.5 Å². The van der Waals surface area contributed by atoms with Crippen LogP contribution in [0.2, 0.25) is 0 Å². The number of anilines is 1. The fraction of sp³-hybridized carbons (Fsp3) is 0.0588. The lowest BCUT2D eigenvalue weighted by Crippen LogP contribution is -2.10. The molecule has 1 amide bonds. The van der Waals surface area contributed by atoms with Gasteiger partial charge in [-0.05, 0) is 24.6 Å². The van der Waals surface area contributed by atoms with E-state index in [1.54, 1.807) is 6.20 Å². The van der Waals surface area contributed by atoms with Crippen LogP contribution in [0.1, 0.15) is 15.2 Å². The smallest absolute Gasteiger partial charge is 0.267 e. The van der Waals surface area contributed by atoms with E-state index in [0.29, 0.717) is 4.88 Å². The topological polar surface area (TPSA) is 42.0 Å². The van der Waals surface area contributed by atoms with Crippen molar-refractivity contribution < 1.29 is 4.79 Å². The van der Waals surface area contributed by atoms with Gasteiger partial charge in [0.15, 0.2) is 0 Å². The van der Waals surface area contributed by atoms with Gasteiger partial charge in [-0.15, -0.1) is 11.3 Å². The highest BCUT2D eigenvalue weighted by Gasteiger charge is 2.11. The zero-order valence-electron chi connectivity index (χ0n) is 11.5. The molecule has 1 aromatic heterocycles. The Balaban J connectivity index is 1.78. The van der Waals surface area contributed by atoms with Crippen molar-refractivity contribution in [3.05, 3.63) is 71.2 Å². The Hall–Kier alpha value is -2.46. The Morgan fingerprint density at radius 2 is 1.90 bits per heavy atom. The first-order valence-corrected chi connectivity index (χ1v) is 7.43. The highest BCUT2D eigenvalue weighted by atomic mass is 32.1. The lowest BCUT2D eigenvalue weighted by Gasteiger charge is -2.03. The monoisotopic (exact) mass is 294 g/mol. The molecule has 0 radical (unpaired) electrons. The number of carbonyl (C=O) groups excluding carboxylic acids is 1. The Morgan fingerprint density at radius 3 is 2.67 bits per heavy atom. The summed E-state index contributed by atoms with van der Waals surface area (Å²) in [5, 5.41) is 3.75.